The lowest BCUT2D eigenvalue weighted by Gasteiger charge is -2.25. The van der Waals surface area contributed by atoms with Gasteiger partial charge in [-0.3, -0.25) is 0 Å². The lowest BCUT2D eigenvalue weighted by atomic mass is 10.0. The molecule has 0 unspecified atom stereocenters. The number of sulfonamides is 1. The smallest absolute Gasteiger partial charge is 0.243 e. The van der Waals surface area contributed by atoms with Gasteiger partial charge in [-0.05, 0) is 56.0 Å². The van der Waals surface area contributed by atoms with Gasteiger partial charge in [-0.1, -0.05) is 17.7 Å². The normalized spacial score (nSPS) is 18.7. The molecule has 1 fully saturated rings. The first-order valence-corrected chi connectivity index (χ1v) is 9.60. The molecule has 0 aliphatic carbocycles. The highest BCUT2D eigenvalue weighted by Crippen LogP contribution is 2.37. The van der Waals surface area contributed by atoms with Crippen molar-refractivity contribution in [2.75, 3.05) is 18.9 Å². The first-order chi connectivity index (χ1) is 11.4. The second kappa shape index (κ2) is 6.53. The van der Waals surface area contributed by atoms with E-state index < -0.39 is 10.0 Å². The lowest BCUT2D eigenvalue weighted by Crippen LogP contribution is -2.31. The number of anilines is 1. The molecule has 1 aliphatic rings. The summed E-state index contributed by atoms with van der Waals surface area (Å²) in [6.45, 7) is 4.51. The van der Waals surface area contributed by atoms with E-state index in [4.69, 9.17) is 0 Å². The van der Waals surface area contributed by atoms with Crippen molar-refractivity contribution in [3.63, 3.8) is 0 Å². The number of benzene rings is 1. The fourth-order valence-corrected chi connectivity index (χ4v) is 4.91. The van der Waals surface area contributed by atoms with Gasteiger partial charge in [-0.15, -0.1) is 0 Å². The van der Waals surface area contributed by atoms with E-state index in [9.17, 15) is 8.42 Å². The topological polar surface area (TPSA) is 62.3 Å². The molecule has 1 aromatic carbocycles. The fourth-order valence-electron chi connectivity index (χ4n) is 3.24. The van der Waals surface area contributed by atoms with Gasteiger partial charge < -0.3 is 5.32 Å². The van der Waals surface area contributed by atoms with E-state index in [1.165, 1.54) is 0 Å². The Bertz CT molecular complexity index is 832. The summed E-state index contributed by atoms with van der Waals surface area (Å²) >= 11 is 0. The fraction of sp³-hybridized carbons (Fsp3) is 0.389. The minimum Gasteiger partial charge on any atom is -0.373 e. The van der Waals surface area contributed by atoms with E-state index in [1.807, 2.05) is 39.1 Å². The van der Waals surface area contributed by atoms with Crippen molar-refractivity contribution in [3.05, 3.63) is 53.2 Å². The first-order valence-electron chi connectivity index (χ1n) is 8.16. The summed E-state index contributed by atoms with van der Waals surface area (Å²) in [4.78, 5) is 4.73. The van der Waals surface area contributed by atoms with Crippen LogP contribution in [0.2, 0.25) is 0 Å². The van der Waals surface area contributed by atoms with Crippen LogP contribution in [0.15, 0.2) is 41.4 Å². The number of hydrogen-bond donors (Lipinski definition) is 1. The molecule has 0 radical (unpaired) electrons. The van der Waals surface area contributed by atoms with E-state index in [1.54, 1.807) is 22.6 Å². The summed E-state index contributed by atoms with van der Waals surface area (Å²) in [5.74, 6) is 0.794. The second-order valence-corrected chi connectivity index (χ2v) is 8.15. The monoisotopic (exact) mass is 345 g/mol. The molecule has 24 heavy (non-hydrogen) atoms. The number of nitrogens with one attached hydrogen (secondary N) is 1. The van der Waals surface area contributed by atoms with Gasteiger partial charge in [0.2, 0.25) is 10.0 Å². The van der Waals surface area contributed by atoms with Crippen molar-refractivity contribution in [2.45, 2.75) is 37.6 Å². The number of nitrogens with zero attached hydrogens (tertiary/aromatic N) is 2. The Morgan fingerprint density at radius 3 is 2.54 bits per heavy atom. The summed E-state index contributed by atoms with van der Waals surface area (Å²) in [5, 5.41) is 3.02. The number of aromatic nitrogens is 1. The third-order valence-electron chi connectivity index (χ3n) is 4.60. The van der Waals surface area contributed by atoms with Gasteiger partial charge in [-0.25, -0.2) is 13.4 Å². The van der Waals surface area contributed by atoms with Gasteiger partial charge >= 0.3 is 0 Å². The summed E-state index contributed by atoms with van der Waals surface area (Å²) in [5.41, 5.74) is 3.10. The molecular formula is C18H23N3O2S. The third-order valence-corrected chi connectivity index (χ3v) is 6.52. The van der Waals surface area contributed by atoms with E-state index in [0.717, 1.165) is 35.3 Å². The molecule has 128 valence electrons. The molecule has 2 heterocycles. The molecule has 1 N–H and O–H groups in total. The maximum atomic E-state index is 13.1. The molecule has 5 nitrogen and oxygen atoms in total. The quantitative estimate of drug-likeness (QED) is 0.924. The molecule has 0 saturated carbocycles. The zero-order chi connectivity index (χ0) is 17.3. The van der Waals surface area contributed by atoms with Crippen LogP contribution in [0.1, 0.15) is 35.6 Å². The zero-order valence-corrected chi connectivity index (χ0v) is 15.1. The van der Waals surface area contributed by atoms with Crippen molar-refractivity contribution < 1.29 is 8.42 Å². The number of aryl methyl sites for hydroxylation is 2. The average Bonchev–Trinajstić information content (AvgIpc) is 3.05. The Morgan fingerprint density at radius 2 is 1.92 bits per heavy atom. The van der Waals surface area contributed by atoms with Crippen LogP contribution in [0.25, 0.3) is 0 Å². The Kier molecular flexibility index (Phi) is 4.60. The molecule has 1 saturated heterocycles. The molecule has 0 bridgehead atoms. The SMILES string of the molecule is CNc1cc(C)c([C@@H]2CCCN2S(=O)(=O)c2ccc(C)cc2)cn1. The second-order valence-electron chi connectivity index (χ2n) is 6.26. The van der Waals surface area contributed by atoms with Crippen molar-refractivity contribution >= 4 is 15.8 Å². The van der Waals surface area contributed by atoms with Gasteiger partial charge in [0.1, 0.15) is 5.82 Å². The molecule has 3 rings (SSSR count). The highest BCUT2D eigenvalue weighted by Gasteiger charge is 2.36. The molecule has 1 aromatic heterocycles. The van der Waals surface area contributed by atoms with Gasteiger partial charge in [-0.2, -0.15) is 4.31 Å². The number of rotatable bonds is 4. The molecule has 6 heteroatoms. The Balaban J connectivity index is 1.97. The lowest BCUT2D eigenvalue weighted by molar-refractivity contribution is 0.395. The van der Waals surface area contributed by atoms with Crippen LogP contribution in [-0.4, -0.2) is 31.3 Å². The molecule has 1 atom stereocenters. The molecular weight excluding hydrogens is 322 g/mol. The van der Waals surface area contributed by atoms with Crippen LogP contribution < -0.4 is 5.32 Å². The number of hydrogen-bond acceptors (Lipinski definition) is 4. The van der Waals surface area contributed by atoms with Crippen LogP contribution in [0.4, 0.5) is 5.82 Å². The van der Waals surface area contributed by atoms with Gasteiger partial charge in [0, 0.05) is 19.8 Å². The van der Waals surface area contributed by atoms with E-state index in [2.05, 4.69) is 10.3 Å². The van der Waals surface area contributed by atoms with E-state index in [-0.39, 0.29) is 6.04 Å². The van der Waals surface area contributed by atoms with Crippen LogP contribution in [0, 0.1) is 13.8 Å². The third kappa shape index (κ3) is 3.03. The summed E-state index contributed by atoms with van der Waals surface area (Å²) < 4.78 is 27.7. The van der Waals surface area contributed by atoms with Crippen molar-refractivity contribution in [1.82, 2.24) is 9.29 Å². The van der Waals surface area contributed by atoms with Crippen molar-refractivity contribution in [1.29, 1.82) is 0 Å². The van der Waals surface area contributed by atoms with E-state index in [0.29, 0.717) is 11.4 Å². The minimum absolute atomic E-state index is 0.144. The van der Waals surface area contributed by atoms with Crippen molar-refractivity contribution in [2.24, 2.45) is 0 Å². The predicted molar refractivity (Wildman–Crippen MR) is 95.6 cm³/mol. The molecule has 2 aromatic rings. The highest BCUT2D eigenvalue weighted by atomic mass is 32.2. The minimum atomic E-state index is -3.50. The maximum Gasteiger partial charge on any atom is 0.243 e. The Hall–Kier alpha value is -1.92. The van der Waals surface area contributed by atoms with Gasteiger partial charge in [0.25, 0.3) is 0 Å². The standard InChI is InChI=1S/C18H23N3O2S/c1-13-6-8-15(9-7-13)24(22,23)21-10-4-5-17(21)16-12-20-18(19-3)11-14(16)2/h6-9,11-12,17H,4-5,10H2,1-3H3,(H,19,20)/t17-/m0/s1. The van der Waals surface area contributed by atoms with Crippen LogP contribution in [0.3, 0.4) is 0 Å². The predicted octanol–water partition coefficient (Wildman–Crippen LogP) is 3.27. The Labute approximate surface area is 143 Å². The van der Waals surface area contributed by atoms with Crippen LogP contribution in [0.5, 0.6) is 0 Å². The maximum absolute atomic E-state index is 13.1. The molecule has 1 aliphatic heterocycles. The largest absolute Gasteiger partial charge is 0.373 e. The highest BCUT2D eigenvalue weighted by molar-refractivity contribution is 7.89. The van der Waals surface area contributed by atoms with Gasteiger partial charge in [0.15, 0.2) is 0 Å². The number of pyridine rings is 1. The first kappa shape index (κ1) is 16.9. The summed E-state index contributed by atoms with van der Waals surface area (Å²) in [7, 11) is -1.67. The van der Waals surface area contributed by atoms with E-state index >= 15 is 0 Å². The zero-order valence-electron chi connectivity index (χ0n) is 14.3. The Morgan fingerprint density at radius 1 is 1.21 bits per heavy atom. The summed E-state index contributed by atoms with van der Waals surface area (Å²) in [6.07, 6.45) is 3.49. The van der Waals surface area contributed by atoms with Crippen LogP contribution in [-0.2, 0) is 10.0 Å². The molecule has 0 amide bonds. The average molecular weight is 345 g/mol. The van der Waals surface area contributed by atoms with Crippen molar-refractivity contribution in [3.8, 4) is 0 Å². The summed E-state index contributed by atoms with van der Waals surface area (Å²) in [6, 6.07) is 8.88. The van der Waals surface area contributed by atoms with Gasteiger partial charge in [0.05, 0.1) is 10.9 Å². The molecule has 0 spiro atoms. The van der Waals surface area contributed by atoms with Crippen LogP contribution >= 0.6 is 0 Å².